The van der Waals surface area contributed by atoms with Crippen molar-refractivity contribution in [3.8, 4) is 0 Å². The van der Waals surface area contributed by atoms with Crippen LogP contribution in [-0.2, 0) is 0 Å². The number of hydrogen-bond acceptors (Lipinski definition) is 0. The summed E-state index contributed by atoms with van der Waals surface area (Å²) in [5, 5.41) is 0. The Bertz CT molecular complexity index is 170. The minimum Gasteiger partial charge on any atom is -0.110 e. The molecule has 0 aliphatic heterocycles. The van der Waals surface area contributed by atoms with Crippen LogP contribution in [-0.4, -0.2) is 14.0 Å². The molecule has 0 aromatic rings. The molecule has 0 spiro atoms. The molecule has 1 fully saturated rings. The van der Waals surface area contributed by atoms with E-state index in [1.54, 1.807) is 0 Å². The van der Waals surface area contributed by atoms with E-state index in [4.69, 9.17) is 23.2 Å². The molecule has 3 heteroatoms. The SMILES string of the molecule is C=CC1CCC(C(C)[Si]C(Cl)Cl)C1. The molecule has 0 N–H and O–H groups in total. The van der Waals surface area contributed by atoms with Crippen LogP contribution in [0.15, 0.2) is 12.7 Å². The number of alkyl halides is 2. The zero-order valence-corrected chi connectivity index (χ0v) is 10.5. The summed E-state index contributed by atoms with van der Waals surface area (Å²) < 4.78 is -0.169. The number of rotatable bonds is 4. The molecule has 0 aromatic carbocycles. The molecule has 1 aliphatic carbocycles. The molecular formula is C10H16Cl2Si. The van der Waals surface area contributed by atoms with Crippen LogP contribution in [0.3, 0.4) is 0 Å². The van der Waals surface area contributed by atoms with Crippen molar-refractivity contribution in [3.63, 3.8) is 0 Å². The van der Waals surface area contributed by atoms with Gasteiger partial charge >= 0.3 is 0 Å². The summed E-state index contributed by atoms with van der Waals surface area (Å²) in [6, 6.07) is 0. The highest BCUT2D eigenvalue weighted by Gasteiger charge is 2.28. The third-order valence-electron chi connectivity index (χ3n) is 2.94. The molecule has 0 bridgehead atoms. The minimum absolute atomic E-state index is 0.169. The fourth-order valence-corrected chi connectivity index (χ4v) is 4.22. The van der Waals surface area contributed by atoms with E-state index in [0.717, 1.165) is 11.8 Å². The van der Waals surface area contributed by atoms with Crippen LogP contribution in [0.5, 0.6) is 0 Å². The maximum absolute atomic E-state index is 5.78. The monoisotopic (exact) mass is 234 g/mol. The van der Waals surface area contributed by atoms with Gasteiger partial charge in [0.15, 0.2) is 0 Å². The summed E-state index contributed by atoms with van der Waals surface area (Å²) in [6.07, 6.45) is 6.01. The van der Waals surface area contributed by atoms with Crippen molar-refractivity contribution in [3.05, 3.63) is 12.7 Å². The molecule has 0 aromatic heterocycles. The fraction of sp³-hybridized carbons (Fsp3) is 0.800. The van der Waals surface area contributed by atoms with Gasteiger partial charge in [0.25, 0.3) is 0 Å². The van der Waals surface area contributed by atoms with Crippen molar-refractivity contribution < 1.29 is 0 Å². The van der Waals surface area contributed by atoms with Crippen molar-refractivity contribution in [2.45, 2.75) is 36.2 Å². The molecule has 1 aliphatic rings. The molecule has 3 atom stereocenters. The second kappa shape index (κ2) is 5.43. The largest absolute Gasteiger partial charge is 0.110 e. The van der Waals surface area contributed by atoms with E-state index < -0.39 is 0 Å². The fourth-order valence-electron chi connectivity index (χ4n) is 2.06. The standard InChI is InChI=1S/C10H16Cl2Si/c1-3-8-4-5-9(6-8)7(2)13-10(11)12/h3,7-10H,1,4-6H2,2H3. The third-order valence-corrected chi connectivity index (χ3v) is 4.95. The summed E-state index contributed by atoms with van der Waals surface area (Å²) >= 11 is 11.6. The van der Waals surface area contributed by atoms with Crippen molar-refractivity contribution in [1.82, 2.24) is 0 Å². The first-order valence-electron chi connectivity index (χ1n) is 4.80. The molecular weight excluding hydrogens is 219 g/mol. The zero-order chi connectivity index (χ0) is 9.84. The van der Waals surface area contributed by atoms with Crippen LogP contribution < -0.4 is 0 Å². The van der Waals surface area contributed by atoms with E-state index >= 15 is 0 Å². The average molecular weight is 235 g/mol. The van der Waals surface area contributed by atoms with Gasteiger partial charge in [0, 0.05) is 0 Å². The van der Waals surface area contributed by atoms with Gasteiger partial charge in [-0.05, 0) is 36.6 Å². The van der Waals surface area contributed by atoms with Crippen LogP contribution >= 0.6 is 23.2 Å². The van der Waals surface area contributed by atoms with Gasteiger partial charge in [-0.2, -0.15) is 0 Å². The van der Waals surface area contributed by atoms with E-state index in [0.29, 0.717) is 15.1 Å². The van der Waals surface area contributed by atoms with Crippen LogP contribution in [0.2, 0.25) is 5.54 Å². The van der Waals surface area contributed by atoms with Crippen LogP contribution in [0.25, 0.3) is 0 Å². The van der Waals surface area contributed by atoms with E-state index in [9.17, 15) is 0 Å². The molecule has 13 heavy (non-hydrogen) atoms. The first-order chi connectivity index (χ1) is 6.13. The Morgan fingerprint density at radius 2 is 2.15 bits per heavy atom. The van der Waals surface area contributed by atoms with Crippen LogP contribution in [0.1, 0.15) is 26.2 Å². The van der Waals surface area contributed by atoms with E-state index in [1.807, 2.05) is 0 Å². The number of allylic oxidation sites excluding steroid dienone is 1. The zero-order valence-electron chi connectivity index (χ0n) is 7.97. The molecule has 3 unspecified atom stereocenters. The molecule has 0 saturated heterocycles. The molecule has 1 rings (SSSR count). The average Bonchev–Trinajstić information content (AvgIpc) is 2.50. The number of hydrogen-bond donors (Lipinski definition) is 0. The van der Waals surface area contributed by atoms with Crippen molar-refractivity contribution in [1.29, 1.82) is 0 Å². The van der Waals surface area contributed by atoms with E-state index in [2.05, 4.69) is 19.6 Å². The molecule has 0 amide bonds. The van der Waals surface area contributed by atoms with Crippen molar-refractivity contribution in [2.24, 2.45) is 11.8 Å². The molecule has 2 radical (unpaired) electrons. The van der Waals surface area contributed by atoms with Crippen molar-refractivity contribution in [2.75, 3.05) is 0 Å². The Balaban J connectivity index is 2.32. The summed E-state index contributed by atoms with van der Waals surface area (Å²) in [7, 11) is 0.684. The first-order valence-corrected chi connectivity index (χ1v) is 6.83. The molecule has 74 valence electrons. The highest BCUT2D eigenvalue weighted by molar-refractivity contribution is 6.69. The Morgan fingerprint density at radius 3 is 2.62 bits per heavy atom. The highest BCUT2D eigenvalue weighted by Crippen LogP contribution is 2.39. The van der Waals surface area contributed by atoms with Gasteiger partial charge in [0.1, 0.15) is 0 Å². The Kier molecular flexibility index (Phi) is 4.85. The molecule has 0 nitrogen and oxygen atoms in total. The Hall–Kier alpha value is 0.537. The van der Waals surface area contributed by atoms with Gasteiger partial charge in [0.05, 0.1) is 14.0 Å². The topological polar surface area (TPSA) is 0 Å². The lowest BCUT2D eigenvalue weighted by Crippen LogP contribution is -2.15. The lowest BCUT2D eigenvalue weighted by molar-refractivity contribution is 0.511. The van der Waals surface area contributed by atoms with Crippen molar-refractivity contribution >= 4 is 32.7 Å². The van der Waals surface area contributed by atoms with Crippen LogP contribution in [0, 0.1) is 11.8 Å². The van der Waals surface area contributed by atoms with E-state index in [-0.39, 0.29) is 4.46 Å². The first kappa shape index (κ1) is 11.6. The summed E-state index contributed by atoms with van der Waals surface area (Å²) in [5.74, 6) is 1.56. The number of halogens is 2. The van der Waals surface area contributed by atoms with Crippen LogP contribution in [0.4, 0.5) is 0 Å². The van der Waals surface area contributed by atoms with Gasteiger partial charge in [0.2, 0.25) is 0 Å². The predicted octanol–water partition coefficient (Wildman–Crippen LogP) is 3.86. The Labute approximate surface area is 93.5 Å². The van der Waals surface area contributed by atoms with Gasteiger partial charge in [-0.15, -0.1) is 29.8 Å². The second-order valence-corrected chi connectivity index (χ2v) is 7.47. The second-order valence-electron chi connectivity index (χ2n) is 3.82. The van der Waals surface area contributed by atoms with Gasteiger partial charge < -0.3 is 0 Å². The van der Waals surface area contributed by atoms with Gasteiger partial charge in [-0.1, -0.05) is 13.0 Å². The Morgan fingerprint density at radius 1 is 1.46 bits per heavy atom. The lowest BCUT2D eigenvalue weighted by atomic mass is 10.0. The highest BCUT2D eigenvalue weighted by atomic mass is 35.5. The molecule has 0 heterocycles. The smallest absolute Gasteiger partial charge is 0.0931 e. The predicted molar refractivity (Wildman–Crippen MR) is 61.7 cm³/mol. The summed E-state index contributed by atoms with van der Waals surface area (Å²) in [5.41, 5.74) is 0.685. The normalized spacial score (nSPS) is 30.8. The summed E-state index contributed by atoms with van der Waals surface area (Å²) in [6.45, 7) is 6.12. The van der Waals surface area contributed by atoms with Gasteiger partial charge in [-0.3, -0.25) is 0 Å². The van der Waals surface area contributed by atoms with Gasteiger partial charge in [-0.25, -0.2) is 0 Å². The third kappa shape index (κ3) is 3.65. The maximum atomic E-state index is 5.78. The lowest BCUT2D eigenvalue weighted by Gasteiger charge is -2.18. The minimum atomic E-state index is -0.169. The summed E-state index contributed by atoms with van der Waals surface area (Å²) in [4.78, 5) is 0. The molecule has 1 saturated carbocycles. The quantitative estimate of drug-likeness (QED) is 0.394. The van der Waals surface area contributed by atoms with E-state index in [1.165, 1.54) is 19.3 Å². The maximum Gasteiger partial charge on any atom is 0.0931 e.